The third kappa shape index (κ3) is 4.33. The van der Waals surface area contributed by atoms with E-state index in [2.05, 4.69) is 31.4 Å². The van der Waals surface area contributed by atoms with Gasteiger partial charge in [0, 0.05) is 59.2 Å². The molecule has 0 unspecified atom stereocenters. The summed E-state index contributed by atoms with van der Waals surface area (Å²) in [6.07, 6.45) is 7.92. The fourth-order valence-electron chi connectivity index (χ4n) is 3.88. The fraction of sp³-hybridized carbons (Fsp3) is 0.500. The van der Waals surface area contributed by atoms with Crippen LogP contribution in [0.1, 0.15) is 18.4 Å². The van der Waals surface area contributed by atoms with E-state index in [9.17, 15) is 4.79 Å². The smallest absolute Gasteiger partial charge is 0.246 e. The molecule has 0 saturated carbocycles. The van der Waals surface area contributed by atoms with Crippen molar-refractivity contribution in [3.05, 3.63) is 36.3 Å². The molecule has 2 aliphatic heterocycles. The molecule has 0 atom stereocenters. The molecule has 2 aromatic heterocycles. The molecule has 4 heterocycles. The summed E-state index contributed by atoms with van der Waals surface area (Å²) < 4.78 is 1.71. The van der Waals surface area contributed by atoms with Gasteiger partial charge in [-0.2, -0.15) is 5.10 Å². The molecule has 2 aliphatic rings. The number of hydrogen-bond donors (Lipinski definition) is 1. The van der Waals surface area contributed by atoms with Crippen molar-refractivity contribution in [2.45, 2.75) is 19.4 Å². The third-order valence-electron chi connectivity index (χ3n) is 5.43. The molecule has 1 N–H and O–H groups in total. The van der Waals surface area contributed by atoms with E-state index in [4.69, 9.17) is 0 Å². The largest absolute Gasteiger partial charge is 0.357 e. The second kappa shape index (κ2) is 8.50. The Kier molecular flexibility index (Phi) is 5.64. The Morgan fingerprint density at radius 3 is 2.76 bits per heavy atom. The molecule has 1 amide bonds. The average molecular weight is 396 g/mol. The van der Waals surface area contributed by atoms with Gasteiger partial charge in [-0.25, -0.2) is 4.98 Å². The summed E-state index contributed by atoms with van der Waals surface area (Å²) in [5, 5.41) is 7.55. The van der Waals surface area contributed by atoms with Crippen molar-refractivity contribution < 1.29 is 4.79 Å². The lowest BCUT2D eigenvalue weighted by Crippen LogP contribution is -2.55. The number of pyridine rings is 1. The maximum atomic E-state index is 12.7. The second-order valence-corrected chi connectivity index (χ2v) is 7.46. The number of nitrogens with one attached hydrogen (secondary N) is 1. The van der Waals surface area contributed by atoms with E-state index in [-0.39, 0.29) is 5.91 Å². The van der Waals surface area contributed by atoms with Crippen molar-refractivity contribution in [3.8, 4) is 0 Å². The van der Waals surface area contributed by atoms with E-state index >= 15 is 0 Å². The van der Waals surface area contributed by atoms with Crippen LogP contribution in [-0.4, -0.2) is 71.3 Å². The zero-order valence-electron chi connectivity index (χ0n) is 17.1. The summed E-state index contributed by atoms with van der Waals surface area (Å²) >= 11 is 0. The summed E-state index contributed by atoms with van der Waals surface area (Å²) in [6, 6.07) is 4.16. The molecule has 9 nitrogen and oxygen atoms in total. The molecular weight excluding hydrogens is 368 g/mol. The molecular formula is C20H28N8O. The first-order valence-electron chi connectivity index (χ1n) is 10.1. The molecule has 29 heavy (non-hydrogen) atoms. The number of amides is 1. The number of aryl methyl sites for hydroxylation is 1. The van der Waals surface area contributed by atoms with Crippen LogP contribution in [0, 0.1) is 0 Å². The van der Waals surface area contributed by atoms with Gasteiger partial charge in [0.15, 0.2) is 5.96 Å². The highest BCUT2D eigenvalue weighted by atomic mass is 16.2. The zero-order valence-corrected chi connectivity index (χ0v) is 17.1. The minimum atomic E-state index is 0.0485. The topological polar surface area (TPSA) is 81.9 Å². The Balaban J connectivity index is 1.35. The van der Waals surface area contributed by atoms with Crippen LogP contribution in [0.4, 0.5) is 11.5 Å². The predicted molar refractivity (Wildman–Crippen MR) is 113 cm³/mol. The SMILES string of the molecule is CN=C(NCc1ccnc(N2CCCC2)c1)N1CCN(c2cnn(C)c2)C(=O)C1. The molecule has 0 aliphatic carbocycles. The highest BCUT2D eigenvalue weighted by Gasteiger charge is 2.27. The van der Waals surface area contributed by atoms with Gasteiger partial charge in [0.25, 0.3) is 0 Å². The molecule has 0 radical (unpaired) electrons. The molecule has 2 saturated heterocycles. The van der Waals surface area contributed by atoms with Crippen molar-refractivity contribution in [1.29, 1.82) is 0 Å². The summed E-state index contributed by atoms with van der Waals surface area (Å²) in [5.41, 5.74) is 2.00. The average Bonchev–Trinajstić information content (AvgIpc) is 3.41. The van der Waals surface area contributed by atoms with Crippen LogP contribution in [0.3, 0.4) is 0 Å². The Hall–Kier alpha value is -3.10. The van der Waals surface area contributed by atoms with Crippen molar-refractivity contribution in [2.24, 2.45) is 12.0 Å². The summed E-state index contributed by atoms with van der Waals surface area (Å²) in [6.45, 7) is 4.43. The van der Waals surface area contributed by atoms with Crippen LogP contribution in [0.15, 0.2) is 35.7 Å². The normalized spacial score (nSPS) is 17.9. The summed E-state index contributed by atoms with van der Waals surface area (Å²) in [4.78, 5) is 27.6. The maximum Gasteiger partial charge on any atom is 0.246 e. The molecule has 0 spiro atoms. The van der Waals surface area contributed by atoms with Gasteiger partial charge < -0.3 is 20.0 Å². The zero-order chi connectivity index (χ0) is 20.2. The molecule has 2 fully saturated rings. The Bertz CT molecular complexity index is 886. The standard InChI is InChI=1S/C20H28N8O/c1-21-20(23-12-16-5-6-22-18(11-16)26-7-3-4-8-26)27-9-10-28(19(29)15-27)17-13-24-25(2)14-17/h5-6,11,13-14H,3-4,7-10,12,15H2,1-2H3,(H,21,23). The lowest BCUT2D eigenvalue weighted by atomic mass is 10.2. The van der Waals surface area contributed by atoms with Crippen molar-refractivity contribution in [1.82, 2.24) is 25.0 Å². The molecule has 0 aromatic carbocycles. The van der Waals surface area contributed by atoms with E-state index in [0.717, 1.165) is 42.7 Å². The maximum absolute atomic E-state index is 12.7. The molecule has 0 bridgehead atoms. The van der Waals surface area contributed by atoms with Crippen LogP contribution >= 0.6 is 0 Å². The lowest BCUT2D eigenvalue weighted by molar-refractivity contribution is -0.120. The quantitative estimate of drug-likeness (QED) is 0.609. The number of nitrogens with zero attached hydrogens (tertiary/aromatic N) is 7. The van der Waals surface area contributed by atoms with E-state index in [1.165, 1.54) is 12.8 Å². The monoisotopic (exact) mass is 396 g/mol. The Labute approximate surface area is 171 Å². The Morgan fingerprint density at radius 1 is 1.24 bits per heavy atom. The number of piperazine rings is 1. The van der Waals surface area contributed by atoms with Crippen LogP contribution in [0.5, 0.6) is 0 Å². The lowest BCUT2D eigenvalue weighted by Gasteiger charge is -2.35. The van der Waals surface area contributed by atoms with Gasteiger partial charge in [-0.05, 0) is 30.5 Å². The fourth-order valence-corrected chi connectivity index (χ4v) is 3.88. The highest BCUT2D eigenvalue weighted by Crippen LogP contribution is 2.19. The van der Waals surface area contributed by atoms with Crippen molar-refractivity contribution in [2.75, 3.05) is 49.6 Å². The number of anilines is 2. The minimum Gasteiger partial charge on any atom is -0.357 e. The number of guanidine groups is 1. The van der Waals surface area contributed by atoms with Crippen LogP contribution < -0.4 is 15.1 Å². The number of carbonyl (C=O) groups excluding carboxylic acids is 1. The van der Waals surface area contributed by atoms with Crippen LogP contribution in [0.2, 0.25) is 0 Å². The van der Waals surface area contributed by atoms with Gasteiger partial charge >= 0.3 is 0 Å². The van der Waals surface area contributed by atoms with E-state index in [1.807, 2.05) is 30.4 Å². The number of aliphatic imine (C=N–C) groups is 1. The first-order chi connectivity index (χ1) is 14.1. The molecule has 154 valence electrons. The van der Waals surface area contributed by atoms with Gasteiger partial charge in [-0.3, -0.25) is 14.5 Å². The van der Waals surface area contributed by atoms with Crippen LogP contribution in [-0.2, 0) is 18.4 Å². The molecule has 9 heteroatoms. The van der Waals surface area contributed by atoms with E-state index in [1.54, 1.807) is 22.8 Å². The van der Waals surface area contributed by atoms with Gasteiger partial charge in [0.05, 0.1) is 11.9 Å². The van der Waals surface area contributed by atoms with Gasteiger partial charge in [0.2, 0.25) is 5.91 Å². The first-order valence-corrected chi connectivity index (χ1v) is 10.1. The third-order valence-corrected chi connectivity index (χ3v) is 5.43. The second-order valence-electron chi connectivity index (χ2n) is 7.46. The predicted octanol–water partition coefficient (Wildman–Crippen LogP) is 0.840. The first kappa shape index (κ1) is 19.2. The number of hydrogen-bond acceptors (Lipinski definition) is 5. The van der Waals surface area contributed by atoms with Crippen molar-refractivity contribution in [3.63, 3.8) is 0 Å². The number of aromatic nitrogens is 3. The number of carbonyl (C=O) groups is 1. The van der Waals surface area contributed by atoms with Gasteiger partial charge in [-0.1, -0.05) is 0 Å². The van der Waals surface area contributed by atoms with Gasteiger partial charge in [-0.15, -0.1) is 0 Å². The summed E-state index contributed by atoms with van der Waals surface area (Å²) in [7, 11) is 3.60. The van der Waals surface area contributed by atoms with E-state index in [0.29, 0.717) is 19.6 Å². The molecule has 2 aromatic rings. The minimum absolute atomic E-state index is 0.0485. The number of rotatable bonds is 4. The highest BCUT2D eigenvalue weighted by molar-refractivity contribution is 5.98. The van der Waals surface area contributed by atoms with E-state index < -0.39 is 0 Å². The van der Waals surface area contributed by atoms with Crippen molar-refractivity contribution >= 4 is 23.4 Å². The van der Waals surface area contributed by atoms with Gasteiger partial charge in [0.1, 0.15) is 12.4 Å². The summed E-state index contributed by atoms with van der Waals surface area (Å²) in [5.74, 6) is 1.83. The molecule has 4 rings (SSSR count). The van der Waals surface area contributed by atoms with Crippen LogP contribution in [0.25, 0.3) is 0 Å². The Morgan fingerprint density at radius 2 is 2.07 bits per heavy atom.